The summed E-state index contributed by atoms with van der Waals surface area (Å²) in [5.41, 5.74) is -0.910. The maximum absolute atomic E-state index is 12.6. The molecule has 6 nitrogen and oxygen atoms in total. The molecule has 102 valence electrons. The highest BCUT2D eigenvalue weighted by molar-refractivity contribution is 7.89. The molecule has 0 spiro atoms. The van der Waals surface area contributed by atoms with Gasteiger partial charge in [0.05, 0.1) is 6.61 Å². The van der Waals surface area contributed by atoms with Crippen LogP contribution in [-0.4, -0.2) is 32.2 Å². The molecular formula is C9H11F2NO5S. The second kappa shape index (κ2) is 5.42. The van der Waals surface area contributed by atoms with Crippen molar-refractivity contribution < 1.29 is 31.1 Å². The van der Waals surface area contributed by atoms with Crippen LogP contribution < -0.4 is 0 Å². The van der Waals surface area contributed by atoms with Gasteiger partial charge < -0.3 is 9.15 Å². The van der Waals surface area contributed by atoms with Gasteiger partial charge in [-0.1, -0.05) is 0 Å². The van der Waals surface area contributed by atoms with Crippen molar-refractivity contribution in [2.24, 2.45) is 0 Å². The van der Waals surface area contributed by atoms with E-state index < -0.39 is 45.3 Å². The molecule has 0 saturated carbocycles. The van der Waals surface area contributed by atoms with Crippen molar-refractivity contribution in [3.8, 4) is 0 Å². The van der Waals surface area contributed by atoms with Crippen molar-refractivity contribution in [1.29, 1.82) is 0 Å². The lowest BCUT2D eigenvalue weighted by Crippen LogP contribution is -2.06. The molecule has 1 heterocycles. The molecule has 0 N–H and O–H groups in total. The van der Waals surface area contributed by atoms with Crippen LogP contribution in [0.2, 0.25) is 0 Å². The Morgan fingerprint density at radius 3 is 2.56 bits per heavy atom. The van der Waals surface area contributed by atoms with Gasteiger partial charge in [-0.2, -0.15) is 0 Å². The Bertz CT molecular complexity index is 537. The zero-order valence-corrected chi connectivity index (χ0v) is 10.5. The van der Waals surface area contributed by atoms with Crippen molar-refractivity contribution in [2.45, 2.75) is 19.1 Å². The van der Waals surface area contributed by atoms with Gasteiger partial charge in [0, 0.05) is 6.26 Å². The van der Waals surface area contributed by atoms with Gasteiger partial charge in [0.2, 0.25) is 11.7 Å². The van der Waals surface area contributed by atoms with E-state index in [-0.39, 0.29) is 6.61 Å². The summed E-state index contributed by atoms with van der Waals surface area (Å²) < 4.78 is 56.4. The minimum Gasteiger partial charge on any atom is -0.460 e. The summed E-state index contributed by atoms with van der Waals surface area (Å²) in [6.45, 7) is 1.47. The fourth-order valence-electron chi connectivity index (χ4n) is 1.15. The molecule has 0 unspecified atom stereocenters. The van der Waals surface area contributed by atoms with Crippen molar-refractivity contribution in [3.63, 3.8) is 0 Å². The SMILES string of the molecule is CCOC(=O)c1oc(CS(C)(=O)=O)nc1C(F)F. The average molecular weight is 283 g/mol. The number of oxazole rings is 1. The number of esters is 1. The van der Waals surface area contributed by atoms with Crippen LogP contribution in [0.15, 0.2) is 4.42 Å². The molecule has 0 fully saturated rings. The van der Waals surface area contributed by atoms with Gasteiger partial charge in [-0.05, 0) is 6.92 Å². The van der Waals surface area contributed by atoms with Gasteiger partial charge in [0.1, 0.15) is 5.75 Å². The first-order valence-corrected chi connectivity index (χ1v) is 6.93. The van der Waals surface area contributed by atoms with Crippen LogP contribution in [-0.2, 0) is 20.3 Å². The van der Waals surface area contributed by atoms with Crippen molar-refractivity contribution in [3.05, 3.63) is 17.3 Å². The summed E-state index contributed by atoms with van der Waals surface area (Å²) in [4.78, 5) is 14.6. The number of ether oxygens (including phenoxy) is 1. The van der Waals surface area contributed by atoms with E-state index in [1.54, 1.807) is 0 Å². The van der Waals surface area contributed by atoms with Gasteiger partial charge in [-0.15, -0.1) is 0 Å². The summed E-state index contributed by atoms with van der Waals surface area (Å²) in [6, 6.07) is 0. The number of halogens is 2. The van der Waals surface area contributed by atoms with Gasteiger partial charge in [-0.3, -0.25) is 0 Å². The topological polar surface area (TPSA) is 86.5 Å². The number of sulfone groups is 1. The molecule has 0 aromatic carbocycles. The molecule has 0 aliphatic rings. The standard InChI is InChI=1S/C9H11F2NO5S/c1-3-16-9(13)7-6(8(10)11)12-5(17-7)4-18(2,14)15/h8H,3-4H2,1-2H3. The zero-order valence-electron chi connectivity index (χ0n) is 9.64. The van der Waals surface area contributed by atoms with Crippen molar-refractivity contribution >= 4 is 15.8 Å². The molecule has 0 saturated heterocycles. The first-order valence-electron chi connectivity index (χ1n) is 4.87. The summed E-state index contributed by atoms with van der Waals surface area (Å²) in [5.74, 6) is -2.98. The van der Waals surface area contributed by atoms with Crippen LogP contribution in [0, 0.1) is 0 Å². The molecule has 0 bridgehead atoms. The number of hydrogen-bond donors (Lipinski definition) is 0. The normalized spacial score (nSPS) is 11.8. The van der Waals surface area contributed by atoms with Crippen molar-refractivity contribution in [2.75, 3.05) is 12.9 Å². The Kier molecular flexibility index (Phi) is 4.38. The lowest BCUT2D eigenvalue weighted by atomic mass is 10.3. The molecule has 0 amide bonds. The van der Waals surface area contributed by atoms with Gasteiger partial charge in [0.25, 0.3) is 6.43 Å². The molecule has 9 heteroatoms. The third kappa shape index (κ3) is 3.76. The molecule has 1 aromatic rings. The van der Waals surface area contributed by atoms with E-state index >= 15 is 0 Å². The summed E-state index contributed by atoms with van der Waals surface area (Å²) in [5, 5.41) is 0. The fraction of sp³-hybridized carbons (Fsp3) is 0.556. The lowest BCUT2D eigenvalue weighted by Gasteiger charge is -1.99. The second-order valence-corrected chi connectivity index (χ2v) is 5.55. The maximum Gasteiger partial charge on any atom is 0.376 e. The Morgan fingerprint density at radius 1 is 1.50 bits per heavy atom. The van der Waals surface area contributed by atoms with Crippen molar-refractivity contribution in [1.82, 2.24) is 4.98 Å². The monoisotopic (exact) mass is 283 g/mol. The number of rotatable bonds is 5. The predicted octanol–water partition coefficient (Wildman–Crippen LogP) is 1.33. The molecule has 0 aliphatic heterocycles. The third-order valence-electron chi connectivity index (χ3n) is 1.75. The van der Waals surface area contributed by atoms with E-state index in [4.69, 9.17) is 4.42 Å². The Hall–Kier alpha value is -1.51. The quantitative estimate of drug-likeness (QED) is 0.758. The first kappa shape index (κ1) is 14.6. The summed E-state index contributed by atoms with van der Waals surface area (Å²) in [6.07, 6.45) is -2.16. The molecule has 1 rings (SSSR count). The molecular weight excluding hydrogens is 272 g/mol. The molecule has 0 atom stereocenters. The van der Waals surface area contributed by atoms with E-state index in [0.717, 1.165) is 6.26 Å². The van der Waals surface area contributed by atoms with Crippen LogP contribution >= 0.6 is 0 Å². The average Bonchev–Trinajstić information content (AvgIpc) is 2.59. The molecule has 1 aromatic heterocycles. The number of carbonyl (C=O) groups is 1. The molecule has 0 aliphatic carbocycles. The zero-order chi connectivity index (χ0) is 13.9. The van der Waals surface area contributed by atoms with Gasteiger partial charge in [0.15, 0.2) is 15.5 Å². The third-order valence-corrected chi connectivity index (χ3v) is 2.52. The number of alkyl halides is 2. The lowest BCUT2D eigenvalue weighted by molar-refractivity contribution is 0.0474. The molecule has 18 heavy (non-hydrogen) atoms. The Morgan fingerprint density at radius 2 is 2.11 bits per heavy atom. The van der Waals surface area contributed by atoms with Gasteiger partial charge >= 0.3 is 5.97 Å². The van der Waals surface area contributed by atoms with E-state index in [9.17, 15) is 22.0 Å². The number of hydrogen-bond acceptors (Lipinski definition) is 6. The van der Waals surface area contributed by atoms with Crippen LogP contribution in [0.25, 0.3) is 0 Å². The van der Waals surface area contributed by atoms with Gasteiger partial charge in [-0.25, -0.2) is 27.0 Å². The number of aromatic nitrogens is 1. The number of nitrogens with zero attached hydrogens (tertiary/aromatic N) is 1. The van der Waals surface area contributed by atoms with E-state index in [2.05, 4.69) is 9.72 Å². The smallest absolute Gasteiger partial charge is 0.376 e. The highest BCUT2D eigenvalue weighted by atomic mass is 32.2. The minimum absolute atomic E-state index is 0.0242. The first-order chi connectivity index (χ1) is 8.24. The highest BCUT2D eigenvalue weighted by Crippen LogP contribution is 2.24. The van der Waals surface area contributed by atoms with E-state index in [1.807, 2.05) is 0 Å². The Labute approximate surface area is 102 Å². The van der Waals surface area contributed by atoms with E-state index in [1.165, 1.54) is 6.92 Å². The summed E-state index contributed by atoms with van der Waals surface area (Å²) in [7, 11) is -3.50. The van der Waals surface area contributed by atoms with Crippen LogP contribution in [0.4, 0.5) is 8.78 Å². The minimum atomic E-state index is -3.50. The highest BCUT2D eigenvalue weighted by Gasteiger charge is 2.28. The molecule has 0 radical (unpaired) electrons. The van der Waals surface area contributed by atoms with Crippen LogP contribution in [0.5, 0.6) is 0 Å². The predicted molar refractivity (Wildman–Crippen MR) is 56.0 cm³/mol. The summed E-state index contributed by atoms with van der Waals surface area (Å²) >= 11 is 0. The number of carbonyl (C=O) groups excluding carboxylic acids is 1. The van der Waals surface area contributed by atoms with Crippen LogP contribution in [0.3, 0.4) is 0 Å². The van der Waals surface area contributed by atoms with Crippen LogP contribution in [0.1, 0.15) is 35.5 Å². The fourth-order valence-corrected chi connectivity index (χ4v) is 1.73. The van der Waals surface area contributed by atoms with E-state index in [0.29, 0.717) is 0 Å². The Balaban J connectivity index is 3.12. The largest absolute Gasteiger partial charge is 0.460 e. The maximum atomic E-state index is 12.6. The second-order valence-electron chi connectivity index (χ2n) is 3.41.